The fourth-order valence-corrected chi connectivity index (χ4v) is 6.76. The molecule has 6 nitrogen and oxygen atoms in total. The minimum absolute atomic E-state index is 0.153. The van der Waals surface area contributed by atoms with Crippen LogP contribution in [0.4, 0.5) is 5.69 Å². The summed E-state index contributed by atoms with van der Waals surface area (Å²) < 4.78 is 28.7. The fourth-order valence-electron chi connectivity index (χ4n) is 4.03. The minimum Gasteiger partial charge on any atom is -0.336 e. The van der Waals surface area contributed by atoms with E-state index >= 15 is 0 Å². The summed E-state index contributed by atoms with van der Waals surface area (Å²) in [6.07, 6.45) is 0. The molecule has 1 N–H and O–H groups in total. The first-order chi connectivity index (χ1) is 16.0. The highest BCUT2D eigenvalue weighted by molar-refractivity contribution is 7.94. The molecule has 1 aliphatic rings. The van der Waals surface area contributed by atoms with Crippen LogP contribution in [0.15, 0.2) is 74.9 Å². The fraction of sp³-hybridized carbons (Fsp3) is 0.208. The lowest BCUT2D eigenvalue weighted by atomic mass is 10.0. The van der Waals surface area contributed by atoms with E-state index in [1.165, 1.54) is 5.56 Å². The molecule has 0 aliphatic carbocycles. The van der Waals surface area contributed by atoms with Gasteiger partial charge in [0.1, 0.15) is 4.21 Å². The van der Waals surface area contributed by atoms with Gasteiger partial charge < -0.3 is 4.90 Å². The van der Waals surface area contributed by atoms with E-state index in [9.17, 15) is 13.2 Å². The zero-order chi connectivity index (χ0) is 22.8. The van der Waals surface area contributed by atoms with Gasteiger partial charge in [-0.3, -0.25) is 14.4 Å². The van der Waals surface area contributed by atoms with E-state index in [4.69, 9.17) is 0 Å². The Morgan fingerprint density at radius 2 is 1.70 bits per heavy atom. The number of rotatable bonds is 6. The molecular formula is C24H23N3O3S3. The summed E-state index contributed by atoms with van der Waals surface area (Å²) in [5, 5.41) is 7.72. The molecule has 1 aliphatic heterocycles. The van der Waals surface area contributed by atoms with Gasteiger partial charge in [-0.05, 0) is 56.7 Å². The third kappa shape index (κ3) is 4.81. The zero-order valence-corrected chi connectivity index (χ0v) is 20.3. The first-order valence-electron chi connectivity index (χ1n) is 10.6. The molecule has 33 heavy (non-hydrogen) atoms. The largest absolute Gasteiger partial charge is 0.336 e. The normalized spacial score (nSPS) is 15.1. The second kappa shape index (κ2) is 9.26. The number of carbonyl (C=O) groups is 1. The summed E-state index contributed by atoms with van der Waals surface area (Å²) in [6.45, 7) is 3.66. The third-order valence-corrected chi connectivity index (χ3v) is 9.26. The molecule has 0 unspecified atom stereocenters. The zero-order valence-electron chi connectivity index (χ0n) is 17.8. The molecule has 0 radical (unpaired) electrons. The van der Waals surface area contributed by atoms with Crippen LogP contribution < -0.4 is 4.72 Å². The molecule has 1 saturated heterocycles. The number of anilines is 1. The van der Waals surface area contributed by atoms with Crippen LogP contribution in [-0.2, 0) is 16.6 Å². The number of piperazine rings is 1. The second-order valence-corrected chi connectivity index (χ2v) is 11.6. The molecule has 2 aromatic heterocycles. The smallest absolute Gasteiger partial charge is 0.271 e. The van der Waals surface area contributed by atoms with Crippen molar-refractivity contribution in [2.75, 3.05) is 30.9 Å². The predicted octanol–water partition coefficient (Wildman–Crippen LogP) is 4.72. The van der Waals surface area contributed by atoms with E-state index in [2.05, 4.69) is 26.4 Å². The van der Waals surface area contributed by atoms with Gasteiger partial charge in [-0.1, -0.05) is 30.3 Å². The van der Waals surface area contributed by atoms with Crippen LogP contribution in [0.1, 0.15) is 15.9 Å². The third-order valence-electron chi connectivity index (χ3n) is 5.77. The number of nitrogens with zero attached hydrogens (tertiary/aromatic N) is 2. The number of hydrogen-bond acceptors (Lipinski definition) is 6. The molecular weight excluding hydrogens is 474 g/mol. The molecule has 2 aromatic carbocycles. The van der Waals surface area contributed by atoms with Crippen molar-refractivity contribution in [1.82, 2.24) is 9.80 Å². The molecule has 0 spiro atoms. The molecule has 5 rings (SSSR count). The maximum absolute atomic E-state index is 13.5. The molecule has 9 heteroatoms. The minimum atomic E-state index is -3.77. The topological polar surface area (TPSA) is 69.7 Å². The van der Waals surface area contributed by atoms with Crippen molar-refractivity contribution in [1.29, 1.82) is 0 Å². The van der Waals surface area contributed by atoms with Crippen molar-refractivity contribution in [2.45, 2.75) is 10.8 Å². The highest BCUT2D eigenvalue weighted by atomic mass is 32.2. The van der Waals surface area contributed by atoms with Crippen molar-refractivity contribution in [3.05, 3.63) is 81.9 Å². The highest BCUT2D eigenvalue weighted by Gasteiger charge is 2.26. The van der Waals surface area contributed by atoms with Gasteiger partial charge in [0.15, 0.2) is 0 Å². The maximum Gasteiger partial charge on any atom is 0.271 e. The molecule has 0 saturated carbocycles. The van der Waals surface area contributed by atoms with E-state index in [1.54, 1.807) is 41.0 Å². The van der Waals surface area contributed by atoms with Gasteiger partial charge in [-0.2, -0.15) is 11.3 Å². The first kappa shape index (κ1) is 22.1. The Hall–Kier alpha value is -2.72. The number of hydrogen-bond donors (Lipinski definition) is 1. The summed E-state index contributed by atoms with van der Waals surface area (Å²) in [5.74, 6) is -0.153. The molecule has 170 valence electrons. The number of benzene rings is 2. The van der Waals surface area contributed by atoms with E-state index in [1.807, 2.05) is 29.2 Å². The van der Waals surface area contributed by atoms with E-state index < -0.39 is 10.0 Å². The monoisotopic (exact) mass is 497 g/mol. The van der Waals surface area contributed by atoms with Crippen molar-refractivity contribution >= 4 is 55.1 Å². The lowest BCUT2D eigenvalue weighted by molar-refractivity contribution is 0.0630. The average molecular weight is 498 g/mol. The van der Waals surface area contributed by atoms with Crippen LogP contribution in [-0.4, -0.2) is 50.3 Å². The lowest BCUT2D eigenvalue weighted by Crippen LogP contribution is -2.48. The van der Waals surface area contributed by atoms with Gasteiger partial charge >= 0.3 is 0 Å². The number of amides is 1. The molecule has 3 heterocycles. The molecule has 0 atom stereocenters. The summed E-state index contributed by atoms with van der Waals surface area (Å²) in [4.78, 5) is 17.7. The van der Waals surface area contributed by atoms with Crippen LogP contribution in [0.2, 0.25) is 0 Å². The molecule has 4 aromatic rings. The van der Waals surface area contributed by atoms with Crippen LogP contribution in [0.25, 0.3) is 10.8 Å². The Labute approximate surface area is 201 Å². The Morgan fingerprint density at radius 3 is 2.36 bits per heavy atom. The maximum atomic E-state index is 13.5. The summed E-state index contributed by atoms with van der Waals surface area (Å²) in [6, 6.07) is 16.6. The number of thiophene rings is 2. The first-order valence-corrected chi connectivity index (χ1v) is 13.9. The van der Waals surface area contributed by atoms with Gasteiger partial charge in [-0.15, -0.1) is 11.3 Å². The Morgan fingerprint density at radius 1 is 0.939 bits per heavy atom. The van der Waals surface area contributed by atoms with Crippen LogP contribution in [0.3, 0.4) is 0 Å². The summed E-state index contributed by atoms with van der Waals surface area (Å²) >= 11 is 2.84. The van der Waals surface area contributed by atoms with Gasteiger partial charge in [0.2, 0.25) is 0 Å². The van der Waals surface area contributed by atoms with E-state index in [0.29, 0.717) is 24.3 Å². The van der Waals surface area contributed by atoms with E-state index in [0.717, 1.165) is 41.7 Å². The lowest BCUT2D eigenvalue weighted by Gasteiger charge is -2.35. The predicted molar refractivity (Wildman–Crippen MR) is 135 cm³/mol. The standard InChI is InChI=1S/C24H23N3O3S3/c28-24(27-10-8-26(9-11-27)16-18-7-13-31-17-18)21-14-19-4-1-2-5-20(19)15-22(21)25-33(29,30)23-6-3-12-32-23/h1-7,12-15,17,25H,8-11,16H2. The highest BCUT2D eigenvalue weighted by Crippen LogP contribution is 2.29. The number of fused-ring (bicyclic) bond motifs is 1. The van der Waals surface area contributed by atoms with Crippen molar-refractivity contribution in [2.24, 2.45) is 0 Å². The second-order valence-electron chi connectivity index (χ2n) is 7.98. The van der Waals surface area contributed by atoms with Crippen LogP contribution >= 0.6 is 22.7 Å². The molecule has 1 amide bonds. The summed E-state index contributed by atoms with van der Waals surface area (Å²) in [5.41, 5.74) is 1.98. The Balaban J connectivity index is 1.40. The number of nitrogens with one attached hydrogen (secondary N) is 1. The quantitative estimate of drug-likeness (QED) is 0.418. The van der Waals surface area contributed by atoms with Crippen molar-refractivity contribution in [3.8, 4) is 0 Å². The summed E-state index contributed by atoms with van der Waals surface area (Å²) in [7, 11) is -3.77. The van der Waals surface area contributed by atoms with Gasteiger partial charge in [0.05, 0.1) is 11.3 Å². The van der Waals surface area contributed by atoms with Crippen LogP contribution in [0, 0.1) is 0 Å². The van der Waals surface area contributed by atoms with Crippen molar-refractivity contribution < 1.29 is 13.2 Å². The molecule has 0 bridgehead atoms. The molecule has 1 fully saturated rings. The van der Waals surface area contributed by atoms with Gasteiger partial charge in [0, 0.05) is 32.7 Å². The Bertz CT molecular complexity index is 1360. The van der Waals surface area contributed by atoms with Gasteiger partial charge in [0.25, 0.3) is 15.9 Å². The Kier molecular flexibility index (Phi) is 6.20. The van der Waals surface area contributed by atoms with E-state index in [-0.39, 0.29) is 10.1 Å². The number of carbonyl (C=O) groups excluding carboxylic acids is 1. The van der Waals surface area contributed by atoms with Crippen molar-refractivity contribution in [3.63, 3.8) is 0 Å². The van der Waals surface area contributed by atoms with Crippen LogP contribution in [0.5, 0.6) is 0 Å². The average Bonchev–Trinajstić information content (AvgIpc) is 3.53. The number of sulfonamides is 1. The SMILES string of the molecule is O=C(c1cc2ccccc2cc1NS(=O)(=O)c1cccs1)N1CCN(Cc2ccsc2)CC1. The van der Waals surface area contributed by atoms with Gasteiger partial charge in [-0.25, -0.2) is 8.42 Å².